The van der Waals surface area contributed by atoms with E-state index >= 15 is 0 Å². The molecule has 2 aromatic heterocycles. The van der Waals surface area contributed by atoms with Gasteiger partial charge in [0, 0.05) is 38.1 Å². The summed E-state index contributed by atoms with van der Waals surface area (Å²) in [5, 5.41) is 15.1. The number of nitrogens with zero attached hydrogens (tertiary/aromatic N) is 6. The van der Waals surface area contributed by atoms with Gasteiger partial charge in [-0.2, -0.15) is 0 Å². The number of nitro groups is 1. The topological polar surface area (TPSA) is 100 Å². The van der Waals surface area contributed by atoms with Crippen molar-refractivity contribution < 1.29 is 4.92 Å². The first-order valence-corrected chi connectivity index (χ1v) is 10.3. The van der Waals surface area contributed by atoms with Crippen molar-refractivity contribution in [2.45, 2.75) is 13.8 Å². The number of hydrogen-bond donors (Lipinski definition) is 1. The Morgan fingerprint density at radius 2 is 1.77 bits per heavy atom. The van der Waals surface area contributed by atoms with Crippen molar-refractivity contribution in [3.63, 3.8) is 0 Å². The van der Waals surface area contributed by atoms with Crippen molar-refractivity contribution in [3.8, 4) is 0 Å². The number of hydrogen-bond acceptors (Lipinski definition) is 8. The maximum Gasteiger partial charge on any atom is 0.353 e. The van der Waals surface area contributed by atoms with E-state index in [-0.39, 0.29) is 16.7 Å². The van der Waals surface area contributed by atoms with Crippen LogP contribution < -0.4 is 15.1 Å². The zero-order chi connectivity index (χ0) is 22.0. The smallest absolute Gasteiger partial charge is 0.353 e. The monoisotopic (exact) mass is 439 g/mol. The third kappa shape index (κ3) is 4.22. The Balaban J connectivity index is 1.58. The van der Waals surface area contributed by atoms with Gasteiger partial charge in [0.25, 0.3) is 0 Å². The Labute approximate surface area is 184 Å². The van der Waals surface area contributed by atoms with Gasteiger partial charge < -0.3 is 15.1 Å². The lowest BCUT2D eigenvalue weighted by atomic mass is 10.1. The van der Waals surface area contributed by atoms with Gasteiger partial charge >= 0.3 is 5.69 Å². The van der Waals surface area contributed by atoms with Gasteiger partial charge in [-0.1, -0.05) is 23.7 Å². The quantitative estimate of drug-likeness (QED) is 0.360. The zero-order valence-electron chi connectivity index (χ0n) is 17.2. The molecule has 3 heterocycles. The molecule has 3 aromatic rings. The molecule has 0 radical (unpaired) electrons. The fourth-order valence-corrected chi connectivity index (χ4v) is 3.87. The lowest BCUT2D eigenvalue weighted by Gasteiger charge is -2.37. The zero-order valence-corrected chi connectivity index (χ0v) is 18.0. The van der Waals surface area contributed by atoms with Crippen molar-refractivity contribution in [1.29, 1.82) is 0 Å². The average molecular weight is 440 g/mol. The first kappa shape index (κ1) is 20.8. The summed E-state index contributed by atoms with van der Waals surface area (Å²) in [6.07, 6.45) is 2.87. The molecule has 0 amide bonds. The number of benzene rings is 1. The lowest BCUT2D eigenvalue weighted by molar-refractivity contribution is -0.383. The summed E-state index contributed by atoms with van der Waals surface area (Å²) in [5.41, 5.74) is 3.96. The molecule has 1 aliphatic rings. The summed E-state index contributed by atoms with van der Waals surface area (Å²) < 4.78 is 0. The van der Waals surface area contributed by atoms with Gasteiger partial charge in [0.2, 0.25) is 11.6 Å². The molecule has 1 aliphatic heterocycles. The molecule has 1 fully saturated rings. The minimum absolute atomic E-state index is 0.0851. The summed E-state index contributed by atoms with van der Waals surface area (Å²) in [5.74, 6) is 0.380. The Morgan fingerprint density at radius 1 is 1.03 bits per heavy atom. The predicted octanol–water partition coefficient (Wildman–Crippen LogP) is 4.12. The van der Waals surface area contributed by atoms with E-state index < -0.39 is 4.92 Å². The number of aromatic nitrogens is 3. The molecule has 1 saturated heterocycles. The summed E-state index contributed by atoms with van der Waals surface area (Å²) in [7, 11) is 0. The Bertz CT molecular complexity index is 1120. The second-order valence-electron chi connectivity index (χ2n) is 7.31. The number of halogens is 1. The van der Waals surface area contributed by atoms with E-state index in [2.05, 4.69) is 57.2 Å². The van der Waals surface area contributed by atoms with Gasteiger partial charge in [-0.3, -0.25) is 10.1 Å². The number of aryl methyl sites for hydroxylation is 1. The molecular weight excluding hydrogens is 418 g/mol. The van der Waals surface area contributed by atoms with E-state index in [1.165, 1.54) is 23.1 Å². The summed E-state index contributed by atoms with van der Waals surface area (Å²) in [6.45, 7) is 6.91. The molecular formula is C21H22ClN7O2. The van der Waals surface area contributed by atoms with Crippen molar-refractivity contribution in [1.82, 2.24) is 15.0 Å². The fourth-order valence-electron chi connectivity index (χ4n) is 3.70. The highest BCUT2D eigenvalue weighted by molar-refractivity contribution is 6.32. The highest BCUT2D eigenvalue weighted by atomic mass is 35.5. The standard InChI is InChI=1S/C21H22ClN7O2/c1-14-5-3-7-17(15(14)2)27-9-11-28(12-10-27)21-18(29(30)31)20(24-13-25-21)26-16-6-4-8-23-19(16)22/h3-8,13H,9-12H2,1-2H3,(H,24,25,26). The highest BCUT2D eigenvalue weighted by Gasteiger charge is 2.30. The molecule has 10 heteroatoms. The normalized spacial score (nSPS) is 13.9. The Hall–Kier alpha value is -3.46. The maximum absolute atomic E-state index is 11.9. The van der Waals surface area contributed by atoms with E-state index in [1.807, 2.05) is 4.90 Å². The van der Waals surface area contributed by atoms with Gasteiger partial charge in [0.15, 0.2) is 5.15 Å². The van der Waals surface area contributed by atoms with Gasteiger partial charge in [-0.25, -0.2) is 15.0 Å². The molecule has 9 nitrogen and oxygen atoms in total. The van der Waals surface area contributed by atoms with Crippen LogP contribution in [0.3, 0.4) is 0 Å². The van der Waals surface area contributed by atoms with Gasteiger partial charge in [-0.05, 0) is 43.2 Å². The van der Waals surface area contributed by atoms with Gasteiger partial charge in [0.1, 0.15) is 6.33 Å². The van der Waals surface area contributed by atoms with Crippen LogP contribution in [0.15, 0.2) is 42.9 Å². The van der Waals surface area contributed by atoms with Crippen LogP contribution in [0.1, 0.15) is 11.1 Å². The van der Waals surface area contributed by atoms with Gasteiger partial charge in [-0.15, -0.1) is 0 Å². The number of pyridine rings is 1. The molecule has 4 rings (SSSR count). The molecule has 0 bridgehead atoms. The van der Waals surface area contributed by atoms with Crippen LogP contribution in [0, 0.1) is 24.0 Å². The van der Waals surface area contributed by atoms with Crippen molar-refractivity contribution in [2.24, 2.45) is 0 Å². The minimum atomic E-state index is -0.459. The second kappa shape index (κ2) is 8.73. The predicted molar refractivity (Wildman–Crippen MR) is 122 cm³/mol. The molecule has 160 valence electrons. The number of nitrogens with one attached hydrogen (secondary N) is 1. The fraction of sp³-hybridized carbons (Fsp3) is 0.286. The lowest BCUT2D eigenvalue weighted by Crippen LogP contribution is -2.47. The molecule has 1 aromatic carbocycles. The van der Waals surface area contributed by atoms with Crippen molar-refractivity contribution in [2.75, 3.05) is 41.3 Å². The molecule has 1 N–H and O–H groups in total. The second-order valence-corrected chi connectivity index (χ2v) is 7.67. The molecule has 0 spiro atoms. The number of rotatable bonds is 5. The molecule has 0 atom stereocenters. The number of piperazine rings is 1. The SMILES string of the molecule is Cc1cccc(N2CCN(c3ncnc(Nc4cccnc4Cl)c3[N+](=O)[O-])CC2)c1C. The van der Waals surface area contributed by atoms with E-state index in [4.69, 9.17) is 11.6 Å². The van der Waals surface area contributed by atoms with Crippen molar-refractivity contribution >= 4 is 40.3 Å². The largest absolute Gasteiger partial charge is 0.368 e. The van der Waals surface area contributed by atoms with Gasteiger partial charge in [0.05, 0.1) is 10.6 Å². The minimum Gasteiger partial charge on any atom is -0.368 e. The summed E-state index contributed by atoms with van der Waals surface area (Å²) in [4.78, 5) is 28.0. The van der Waals surface area contributed by atoms with E-state index in [1.54, 1.807) is 18.3 Å². The first-order chi connectivity index (χ1) is 15.0. The van der Waals surface area contributed by atoms with E-state index in [0.717, 1.165) is 13.1 Å². The average Bonchev–Trinajstić information content (AvgIpc) is 2.77. The third-order valence-electron chi connectivity index (χ3n) is 5.49. The van der Waals surface area contributed by atoms with Crippen molar-refractivity contribution in [3.05, 3.63) is 69.3 Å². The Kier molecular flexibility index (Phi) is 5.85. The van der Waals surface area contributed by atoms with Crippen LogP contribution in [0.25, 0.3) is 0 Å². The first-order valence-electron chi connectivity index (χ1n) is 9.88. The van der Waals surface area contributed by atoms with Crippen LogP contribution in [-0.4, -0.2) is 46.1 Å². The molecule has 0 aliphatic carbocycles. The van der Waals surface area contributed by atoms with Crippen LogP contribution in [0.2, 0.25) is 5.15 Å². The van der Waals surface area contributed by atoms with Crippen LogP contribution in [0.4, 0.5) is 28.7 Å². The van der Waals surface area contributed by atoms with E-state index in [9.17, 15) is 10.1 Å². The third-order valence-corrected chi connectivity index (χ3v) is 5.79. The maximum atomic E-state index is 11.9. The summed E-state index contributed by atoms with van der Waals surface area (Å²) in [6, 6.07) is 9.65. The Morgan fingerprint density at radius 3 is 2.48 bits per heavy atom. The summed E-state index contributed by atoms with van der Waals surface area (Å²) >= 11 is 6.09. The van der Waals surface area contributed by atoms with Crippen LogP contribution in [0.5, 0.6) is 0 Å². The van der Waals surface area contributed by atoms with Crippen LogP contribution >= 0.6 is 11.6 Å². The number of anilines is 4. The highest BCUT2D eigenvalue weighted by Crippen LogP contribution is 2.35. The molecule has 0 saturated carbocycles. The van der Waals surface area contributed by atoms with Crippen LogP contribution in [-0.2, 0) is 0 Å². The molecule has 31 heavy (non-hydrogen) atoms. The van der Waals surface area contributed by atoms with E-state index in [0.29, 0.717) is 24.6 Å². The molecule has 0 unspecified atom stereocenters.